The topological polar surface area (TPSA) is 33.1 Å². The summed E-state index contributed by atoms with van der Waals surface area (Å²) in [6.45, 7) is 0.200. The van der Waals surface area contributed by atoms with Crippen LogP contribution in [0, 0.1) is 0 Å². The van der Waals surface area contributed by atoms with Gasteiger partial charge in [-0.05, 0) is 37.3 Å². The van der Waals surface area contributed by atoms with Gasteiger partial charge in [0.1, 0.15) is 0 Å². The number of hydrogen-bond acceptors (Lipinski definition) is 2. The lowest BCUT2D eigenvalue weighted by Crippen LogP contribution is -2.07. The number of hydrogen-bond donors (Lipinski definition) is 1. The second-order valence-electron chi connectivity index (χ2n) is 3.59. The highest BCUT2D eigenvalue weighted by atomic mass is 16.3. The minimum atomic E-state index is 0.200. The predicted octanol–water partition coefficient (Wildman–Crippen LogP) is 1.50. The van der Waals surface area contributed by atoms with E-state index >= 15 is 0 Å². The van der Waals surface area contributed by atoms with Crippen LogP contribution in [-0.4, -0.2) is 16.7 Å². The van der Waals surface area contributed by atoms with Crippen LogP contribution in [0.5, 0.6) is 0 Å². The molecule has 0 amide bonds. The average molecular weight is 177 g/mol. The molecule has 0 unspecified atom stereocenters. The van der Waals surface area contributed by atoms with Crippen molar-refractivity contribution in [2.24, 2.45) is 0 Å². The van der Waals surface area contributed by atoms with Crippen molar-refractivity contribution in [3.05, 3.63) is 29.1 Å². The van der Waals surface area contributed by atoms with Crippen molar-refractivity contribution in [2.45, 2.75) is 32.1 Å². The van der Waals surface area contributed by atoms with Gasteiger partial charge in [0, 0.05) is 24.4 Å². The van der Waals surface area contributed by atoms with E-state index in [-0.39, 0.29) is 6.61 Å². The summed E-state index contributed by atoms with van der Waals surface area (Å²) in [7, 11) is 0. The first-order valence-electron chi connectivity index (χ1n) is 4.98. The molecule has 0 aromatic carbocycles. The number of aryl methyl sites for hydroxylation is 2. The molecule has 0 aliphatic heterocycles. The number of aliphatic hydroxyl groups is 1. The molecule has 1 aromatic heterocycles. The monoisotopic (exact) mass is 177 g/mol. The summed E-state index contributed by atoms with van der Waals surface area (Å²) in [6, 6.07) is 4.22. The van der Waals surface area contributed by atoms with E-state index in [0.717, 1.165) is 12.1 Å². The van der Waals surface area contributed by atoms with Crippen molar-refractivity contribution in [3.63, 3.8) is 0 Å². The van der Waals surface area contributed by atoms with Crippen molar-refractivity contribution in [3.8, 4) is 0 Å². The quantitative estimate of drug-likeness (QED) is 0.742. The van der Waals surface area contributed by atoms with Crippen LogP contribution < -0.4 is 0 Å². The van der Waals surface area contributed by atoms with Crippen LogP contribution in [-0.2, 0) is 19.3 Å². The van der Waals surface area contributed by atoms with Crippen LogP contribution in [0.25, 0.3) is 0 Å². The first kappa shape index (κ1) is 8.70. The second kappa shape index (κ2) is 3.88. The Labute approximate surface area is 78.6 Å². The van der Waals surface area contributed by atoms with E-state index in [1.54, 1.807) is 0 Å². The zero-order valence-electron chi connectivity index (χ0n) is 7.79. The zero-order valence-corrected chi connectivity index (χ0v) is 7.79. The molecule has 0 bridgehead atoms. The summed E-state index contributed by atoms with van der Waals surface area (Å²) in [4.78, 5) is 4.54. The third-order valence-electron chi connectivity index (χ3n) is 2.60. The lowest BCUT2D eigenvalue weighted by atomic mass is 9.96. The molecule has 1 aliphatic carbocycles. The Balaban J connectivity index is 2.24. The summed E-state index contributed by atoms with van der Waals surface area (Å²) in [6.07, 6.45) is 5.56. The van der Waals surface area contributed by atoms with Gasteiger partial charge < -0.3 is 5.11 Å². The first-order chi connectivity index (χ1) is 6.40. The van der Waals surface area contributed by atoms with Gasteiger partial charge in [-0.2, -0.15) is 0 Å². The Morgan fingerprint density at radius 3 is 2.92 bits per heavy atom. The van der Waals surface area contributed by atoms with Gasteiger partial charge in [-0.15, -0.1) is 0 Å². The smallest absolute Gasteiger partial charge is 0.0486 e. The number of rotatable bonds is 2. The molecule has 2 nitrogen and oxygen atoms in total. The fourth-order valence-electron chi connectivity index (χ4n) is 1.88. The Morgan fingerprint density at radius 1 is 1.23 bits per heavy atom. The molecule has 2 heteroatoms. The Morgan fingerprint density at radius 2 is 2.08 bits per heavy atom. The van der Waals surface area contributed by atoms with Crippen molar-refractivity contribution in [1.82, 2.24) is 4.98 Å². The van der Waals surface area contributed by atoms with Crippen LogP contribution in [0.2, 0.25) is 0 Å². The van der Waals surface area contributed by atoms with Crippen molar-refractivity contribution in [1.29, 1.82) is 0 Å². The molecule has 0 saturated heterocycles. The summed E-state index contributed by atoms with van der Waals surface area (Å²) in [5.41, 5.74) is 3.70. The van der Waals surface area contributed by atoms with Gasteiger partial charge in [0.05, 0.1) is 0 Å². The van der Waals surface area contributed by atoms with E-state index in [1.165, 1.54) is 30.5 Å². The lowest BCUT2D eigenvalue weighted by molar-refractivity contribution is 0.298. The van der Waals surface area contributed by atoms with E-state index in [2.05, 4.69) is 11.1 Å². The maximum Gasteiger partial charge on any atom is 0.0486 e. The number of aliphatic hydroxyl groups excluding tert-OH is 1. The van der Waals surface area contributed by atoms with E-state index in [4.69, 9.17) is 5.11 Å². The molecule has 13 heavy (non-hydrogen) atoms. The van der Waals surface area contributed by atoms with Crippen molar-refractivity contribution >= 4 is 0 Å². The van der Waals surface area contributed by atoms with Gasteiger partial charge >= 0.3 is 0 Å². The van der Waals surface area contributed by atoms with Crippen LogP contribution in [0.1, 0.15) is 29.8 Å². The lowest BCUT2D eigenvalue weighted by Gasteiger charge is -2.14. The predicted molar refractivity (Wildman–Crippen MR) is 51.7 cm³/mol. The average Bonchev–Trinajstić information content (AvgIpc) is 2.18. The summed E-state index contributed by atoms with van der Waals surface area (Å²) >= 11 is 0. The number of fused-ring (bicyclic) bond motifs is 1. The van der Waals surface area contributed by atoms with Gasteiger partial charge in [-0.3, -0.25) is 4.98 Å². The van der Waals surface area contributed by atoms with Crippen molar-refractivity contribution in [2.75, 3.05) is 6.61 Å². The minimum absolute atomic E-state index is 0.200. The van der Waals surface area contributed by atoms with Gasteiger partial charge in [0.25, 0.3) is 0 Å². The fraction of sp³-hybridized carbons (Fsp3) is 0.545. The van der Waals surface area contributed by atoms with E-state index in [0.29, 0.717) is 6.42 Å². The van der Waals surface area contributed by atoms with E-state index in [1.807, 2.05) is 6.07 Å². The molecule has 1 aliphatic rings. The number of aromatic nitrogens is 1. The molecular formula is C11H15NO. The van der Waals surface area contributed by atoms with Crippen LogP contribution in [0.3, 0.4) is 0 Å². The Kier molecular flexibility index (Phi) is 2.60. The van der Waals surface area contributed by atoms with Gasteiger partial charge in [-0.1, -0.05) is 6.07 Å². The van der Waals surface area contributed by atoms with Crippen molar-refractivity contribution < 1.29 is 5.11 Å². The van der Waals surface area contributed by atoms with Gasteiger partial charge in [0.2, 0.25) is 0 Å². The Hall–Kier alpha value is -0.890. The highest BCUT2D eigenvalue weighted by molar-refractivity contribution is 5.25. The largest absolute Gasteiger partial charge is 0.396 e. The molecule has 0 spiro atoms. The third kappa shape index (κ3) is 1.89. The molecule has 1 aromatic rings. The molecule has 70 valence electrons. The summed E-state index contributed by atoms with van der Waals surface area (Å²) < 4.78 is 0. The summed E-state index contributed by atoms with van der Waals surface area (Å²) in [5, 5.41) is 8.78. The van der Waals surface area contributed by atoms with Crippen LogP contribution in [0.4, 0.5) is 0 Å². The molecular weight excluding hydrogens is 162 g/mol. The van der Waals surface area contributed by atoms with E-state index < -0.39 is 0 Å². The van der Waals surface area contributed by atoms with Gasteiger partial charge in [-0.25, -0.2) is 0 Å². The highest BCUT2D eigenvalue weighted by Crippen LogP contribution is 2.19. The highest BCUT2D eigenvalue weighted by Gasteiger charge is 2.10. The molecule has 0 atom stereocenters. The minimum Gasteiger partial charge on any atom is -0.396 e. The molecule has 2 rings (SSSR count). The normalized spacial score (nSPS) is 15.5. The van der Waals surface area contributed by atoms with Crippen LogP contribution in [0.15, 0.2) is 12.1 Å². The van der Waals surface area contributed by atoms with E-state index in [9.17, 15) is 0 Å². The number of nitrogens with zero attached hydrogens (tertiary/aromatic N) is 1. The maximum atomic E-state index is 8.78. The molecule has 1 N–H and O–H groups in total. The maximum absolute atomic E-state index is 8.78. The molecule has 0 fully saturated rings. The fourth-order valence-corrected chi connectivity index (χ4v) is 1.88. The Bertz CT molecular complexity index is 296. The standard InChI is InChI=1S/C11H15NO/c13-8-7-10-6-5-9-3-1-2-4-11(9)12-10/h5-6,13H,1-4,7-8H2. The summed E-state index contributed by atoms with van der Waals surface area (Å²) in [5.74, 6) is 0. The third-order valence-corrected chi connectivity index (χ3v) is 2.60. The van der Waals surface area contributed by atoms with Gasteiger partial charge in [0.15, 0.2) is 0 Å². The zero-order chi connectivity index (χ0) is 9.10. The van der Waals surface area contributed by atoms with Crippen LogP contribution >= 0.6 is 0 Å². The second-order valence-corrected chi connectivity index (χ2v) is 3.59. The SMILES string of the molecule is OCCc1ccc2c(n1)CCCC2. The molecule has 0 saturated carbocycles. The molecule has 1 heterocycles. The molecule has 0 radical (unpaired) electrons. The first-order valence-corrected chi connectivity index (χ1v) is 4.98. The number of pyridine rings is 1.